The van der Waals surface area contributed by atoms with E-state index in [1.807, 2.05) is 18.2 Å². The molecule has 0 unspecified atom stereocenters. The molecule has 0 amide bonds. The van der Waals surface area contributed by atoms with Crippen molar-refractivity contribution in [1.29, 1.82) is 0 Å². The van der Waals surface area contributed by atoms with Crippen molar-refractivity contribution in [2.45, 2.75) is 6.42 Å². The molecule has 0 bridgehead atoms. The number of halogens is 2. The van der Waals surface area contributed by atoms with Gasteiger partial charge in [-0.05, 0) is 29.3 Å². The molecule has 0 aliphatic carbocycles. The topological polar surface area (TPSA) is 12.0 Å². The fourth-order valence-electron chi connectivity index (χ4n) is 2.03. The van der Waals surface area contributed by atoms with Crippen LogP contribution in [-0.2, 0) is 6.42 Å². The Labute approximate surface area is 108 Å². The Morgan fingerprint density at radius 3 is 2.81 bits per heavy atom. The van der Waals surface area contributed by atoms with Crippen LogP contribution in [0.25, 0.3) is 0 Å². The van der Waals surface area contributed by atoms with Crippen LogP contribution in [0.5, 0.6) is 0 Å². The zero-order valence-corrected chi connectivity index (χ0v) is 10.8. The van der Waals surface area contributed by atoms with E-state index in [0.717, 1.165) is 21.6 Å². The summed E-state index contributed by atoms with van der Waals surface area (Å²) >= 11 is 9.60. The maximum atomic E-state index is 6.04. The molecule has 0 saturated heterocycles. The van der Waals surface area contributed by atoms with Crippen LogP contribution in [0, 0.1) is 0 Å². The van der Waals surface area contributed by atoms with E-state index in [-0.39, 0.29) is 0 Å². The predicted molar refractivity (Wildman–Crippen MR) is 71.7 cm³/mol. The van der Waals surface area contributed by atoms with Crippen LogP contribution in [0.4, 0.5) is 11.4 Å². The molecule has 80 valence electrons. The van der Waals surface area contributed by atoms with Crippen molar-refractivity contribution in [2.75, 3.05) is 5.32 Å². The summed E-state index contributed by atoms with van der Waals surface area (Å²) in [5.41, 5.74) is 4.85. The lowest BCUT2D eigenvalue weighted by Crippen LogP contribution is -2.07. The average molecular weight is 295 g/mol. The Kier molecular flexibility index (Phi) is 2.41. The van der Waals surface area contributed by atoms with Crippen LogP contribution in [0.3, 0.4) is 0 Å². The van der Waals surface area contributed by atoms with Gasteiger partial charge in [-0.15, -0.1) is 0 Å². The number of rotatable bonds is 0. The van der Waals surface area contributed by atoms with Gasteiger partial charge in [0.25, 0.3) is 0 Å². The normalized spacial score (nSPS) is 12.6. The van der Waals surface area contributed by atoms with Gasteiger partial charge < -0.3 is 5.32 Å². The highest BCUT2D eigenvalue weighted by atomic mass is 79.9. The van der Waals surface area contributed by atoms with Crippen molar-refractivity contribution in [2.24, 2.45) is 0 Å². The van der Waals surface area contributed by atoms with E-state index in [9.17, 15) is 0 Å². The van der Waals surface area contributed by atoms with Crippen molar-refractivity contribution in [1.82, 2.24) is 0 Å². The summed E-state index contributed by atoms with van der Waals surface area (Å²) in [5.74, 6) is 0. The molecule has 0 saturated carbocycles. The molecule has 0 atom stereocenters. The van der Waals surface area contributed by atoms with Crippen molar-refractivity contribution < 1.29 is 0 Å². The third kappa shape index (κ3) is 1.62. The first kappa shape index (κ1) is 10.2. The second kappa shape index (κ2) is 3.79. The van der Waals surface area contributed by atoms with Gasteiger partial charge in [0.15, 0.2) is 0 Å². The quantitative estimate of drug-likeness (QED) is 0.631. The number of fused-ring (bicyclic) bond motifs is 2. The Morgan fingerprint density at radius 1 is 1.12 bits per heavy atom. The first-order chi connectivity index (χ1) is 7.74. The van der Waals surface area contributed by atoms with Crippen LogP contribution in [-0.4, -0.2) is 0 Å². The lowest BCUT2D eigenvalue weighted by atomic mass is 9.97. The minimum absolute atomic E-state index is 0.748. The Bertz CT molecular complexity index is 566. The zero-order valence-electron chi connectivity index (χ0n) is 8.43. The molecule has 1 nitrogen and oxygen atoms in total. The van der Waals surface area contributed by atoms with Crippen molar-refractivity contribution in [3.8, 4) is 0 Å². The van der Waals surface area contributed by atoms with Gasteiger partial charge in [-0.25, -0.2) is 0 Å². The molecule has 2 aromatic rings. The summed E-state index contributed by atoms with van der Waals surface area (Å²) in [6, 6.07) is 12.2. The molecule has 16 heavy (non-hydrogen) atoms. The van der Waals surface area contributed by atoms with Crippen LogP contribution in [0.1, 0.15) is 11.1 Å². The van der Waals surface area contributed by atoms with Gasteiger partial charge in [-0.2, -0.15) is 0 Å². The summed E-state index contributed by atoms with van der Waals surface area (Å²) < 4.78 is 1.07. The summed E-state index contributed by atoms with van der Waals surface area (Å²) in [6.45, 7) is 0. The van der Waals surface area contributed by atoms with E-state index in [1.165, 1.54) is 16.8 Å². The summed E-state index contributed by atoms with van der Waals surface area (Å²) in [5, 5.41) is 4.16. The monoisotopic (exact) mass is 293 g/mol. The highest BCUT2D eigenvalue weighted by Gasteiger charge is 2.16. The number of hydrogen-bond acceptors (Lipinski definition) is 1. The standard InChI is InChI=1S/C13H9BrClN/c14-11-6-9(15)7-13-10(11)5-8-3-1-2-4-12(8)16-13/h1-4,6-7,16H,5H2. The molecule has 0 fully saturated rings. The molecule has 0 spiro atoms. The van der Waals surface area contributed by atoms with Crippen molar-refractivity contribution >= 4 is 38.9 Å². The summed E-state index contributed by atoms with van der Waals surface area (Å²) in [7, 11) is 0. The minimum Gasteiger partial charge on any atom is -0.355 e. The van der Waals surface area contributed by atoms with E-state index in [1.54, 1.807) is 0 Å². The van der Waals surface area contributed by atoms with E-state index in [0.29, 0.717) is 0 Å². The molecule has 1 aliphatic rings. The van der Waals surface area contributed by atoms with Gasteiger partial charge in [-0.3, -0.25) is 0 Å². The minimum atomic E-state index is 0.748. The number of hydrogen-bond donors (Lipinski definition) is 1. The van der Waals surface area contributed by atoms with Crippen molar-refractivity contribution in [3.05, 3.63) is 57.0 Å². The largest absolute Gasteiger partial charge is 0.355 e. The van der Waals surface area contributed by atoms with Gasteiger partial charge in [0, 0.05) is 27.3 Å². The molecule has 3 rings (SSSR count). The van der Waals surface area contributed by atoms with Gasteiger partial charge >= 0.3 is 0 Å². The van der Waals surface area contributed by atoms with E-state index >= 15 is 0 Å². The molecular formula is C13H9BrClN. The molecule has 0 aromatic heterocycles. The summed E-state index contributed by atoms with van der Waals surface area (Å²) in [4.78, 5) is 0. The Morgan fingerprint density at radius 2 is 1.94 bits per heavy atom. The first-order valence-corrected chi connectivity index (χ1v) is 6.24. The summed E-state index contributed by atoms with van der Waals surface area (Å²) in [6.07, 6.45) is 0.941. The van der Waals surface area contributed by atoms with Crippen molar-refractivity contribution in [3.63, 3.8) is 0 Å². The molecule has 0 radical (unpaired) electrons. The number of benzene rings is 2. The number of anilines is 2. The molecule has 1 aliphatic heterocycles. The van der Waals surface area contributed by atoms with Gasteiger partial charge in [-0.1, -0.05) is 45.7 Å². The third-order valence-corrected chi connectivity index (χ3v) is 3.74. The smallest absolute Gasteiger partial charge is 0.0446 e. The highest BCUT2D eigenvalue weighted by Crippen LogP contribution is 2.38. The van der Waals surface area contributed by atoms with Crippen LogP contribution < -0.4 is 5.32 Å². The number of nitrogens with one attached hydrogen (secondary N) is 1. The third-order valence-electron chi connectivity index (χ3n) is 2.81. The van der Waals surface area contributed by atoms with Gasteiger partial charge in [0.2, 0.25) is 0 Å². The molecule has 3 heteroatoms. The first-order valence-electron chi connectivity index (χ1n) is 5.07. The van der Waals surface area contributed by atoms with Gasteiger partial charge in [0.1, 0.15) is 0 Å². The van der Waals surface area contributed by atoms with Gasteiger partial charge in [0.05, 0.1) is 0 Å². The fourth-order valence-corrected chi connectivity index (χ4v) is 2.98. The highest BCUT2D eigenvalue weighted by molar-refractivity contribution is 9.10. The van der Waals surface area contributed by atoms with E-state index in [2.05, 4.69) is 39.4 Å². The maximum absolute atomic E-state index is 6.04. The van der Waals surface area contributed by atoms with Crippen LogP contribution >= 0.6 is 27.5 Å². The average Bonchev–Trinajstić information content (AvgIpc) is 2.27. The lowest BCUT2D eigenvalue weighted by Gasteiger charge is -2.22. The maximum Gasteiger partial charge on any atom is 0.0446 e. The molecule has 1 heterocycles. The zero-order chi connectivity index (χ0) is 11.1. The Hall–Kier alpha value is -0.990. The fraction of sp³-hybridized carbons (Fsp3) is 0.0769. The SMILES string of the molecule is Clc1cc(Br)c2c(c1)Nc1ccccc1C2. The van der Waals surface area contributed by atoms with Crippen LogP contribution in [0.15, 0.2) is 40.9 Å². The predicted octanol–water partition coefficient (Wildman–Crippen LogP) is 4.75. The molecule has 2 aromatic carbocycles. The molecule has 1 N–H and O–H groups in total. The Balaban J connectivity index is 2.15. The van der Waals surface area contributed by atoms with E-state index in [4.69, 9.17) is 11.6 Å². The molecular weight excluding hydrogens is 286 g/mol. The van der Waals surface area contributed by atoms with E-state index < -0.39 is 0 Å². The second-order valence-electron chi connectivity index (χ2n) is 3.87. The number of para-hydroxylation sites is 1. The van der Waals surface area contributed by atoms with Crippen LogP contribution in [0.2, 0.25) is 5.02 Å². The second-order valence-corrected chi connectivity index (χ2v) is 5.16. The lowest BCUT2D eigenvalue weighted by molar-refractivity contribution is 1.15.